The normalized spacial score (nSPS) is 14.7. The summed E-state index contributed by atoms with van der Waals surface area (Å²) < 4.78 is 5.34. The van der Waals surface area contributed by atoms with Crippen molar-refractivity contribution in [3.05, 3.63) is 41.5 Å². The molecule has 0 unspecified atom stereocenters. The molecule has 0 bridgehead atoms. The molecule has 1 fully saturated rings. The van der Waals surface area contributed by atoms with E-state index in [-0.39, 0.29) is 5.91 Å². The lowest BCUT2D eigenvalue weighted by Crippen LogP contribution is -2.41. The second-order valence-corrected chi connectivity index (χ2v) is 8.49. The molecule has 0 aliphatic carbocycles. The first kappa shape index (κ1) is 20.7. The number of benzene rings is 1. The summed E-state index contributed by atoms with van der Waals surface area (Å²) in [6.07, 6.45) is 1.98. The third-order valence-corrected chi connectivity index (χ3v) is 6.24. The molecule has 4 rings (SSSR count). The molecule has 1 aromatic carbocycles. The van der Waals surface area contributed by atoms with Crippen molar-refractivity contribution in [2.45, 2.75) is 13.3 Å². The number of nitrogens with one attached hydrogen (secondary N) is 2. The number of aryl methyl sites for hydroxylation is 1. The lowest BCUT2D eigenvalue weighted by molar-refractivity contribution is -0.120. The molecule has 3 heterocycles. The van der Waals surface area contributed by atoms with E-state index in [9.17, 15) is 4.79 Å². The van der Waals surface area contributed by atoms with Crippen LogP contribution in [0.3, 0.4) is 0 Å². The molecule has 1 aliphatic heterocycles. The number of carbonyl (C=O) groups excluding carboxylic acids is 1. The van der Waals surface area contributed by atoms with E-state index in [0.29, 0.717) is 19.5 Å². The number of hydrogen-bond donors (Lipinski definition) is 2. The molecule has 30 heavy (non-hydrogen) atoms. The molecule has 2 aromatic heterocycles. The minimum atomic E-state index is 0.0471. The van der Waals surface area contributed by atoms with E-state index in [1.54, 1.807) is 17.7 Å². The van der Waals surface area contributed by atoms with Crippen LogP contribution in [0.15, 0.2) is 36.7 Å². The lowest BCUT2D eigenvalue weighted by Gasteiger charge is -2.26. The number of rotatable bonds is 8. The summed E-state index contributed by atoms with van der Waals surface area (Å²) in [6.45, 7) is 7.59. The van der Waals surface area contributed by atoms with Crippen LogP contribution in [0.2, 0.25) is 0 Å². The second-order valence-electron chi connectivity index (χ2n) is 7.28. The van der Waals surface area contributed by atoms with Crippen molar-refractivity contribution in [3.8, 4) is 11.1 Å². The summed E-state index contributed by atoms with van der Waals surface area (Å²) in [6, 6.07) is 10.3. The standard InChI is InChI=1S/C22H27N5O2S/c1-16-19(17-5-3-2-4-6-17)20-21(25-15-26-22(20)30-16)24-8-7-18(28)23-9-10-27-11-13-29-14-12-27/h2-6,15H,7-14H2,1H3,(H,23,28)(H,24,25,26). The molecule has 1 saturated heterocycles. The van der Waals surface area contributed by atoms with E-state index >= 15 is 0 Å². The third-order valence-electron chi connectivity index (χ3n) is 5.23. The molecule has 7 nitrogen and oxygen atoms in total. The van der Waals surface area contributed by atoms with E-state index in [2.05, 4.69) is 44.6 Å². The van der Waals surface area contributed by atoms with Crippen LogP contribution in [0.4, 0.5) is 5.82 Å². The highest BCUT2D eigenvalue weighted by Gasteiger charge is 2.16. The van der Waals surface area contributed by atoms with E-state index in [4.69, 9.17) is 4.74 Å². The Morgan fingerprint density at radius 2 is 1.97 bits per heavy atom. The number of morpholine rings is 1. The molecular weight excluding hydrogens is 398 g/mol. The molecule has 3 aromatic rings. The highest BCUT2D eigenvalue weighted by Crippen LogP contribution is 2.40. The fourth-order valence-electron chi connectivity index (χ4n) is 3.69. The van der Waals surface area contributed by atoms with Crippen molar-refractivity contribution in [1.29, 1.82) is 0 Å². The summed E-state index contributed by atoms with van der Waals surface area (Å²) in [5, 5.41) is 7.38. The average Bonchev–Trinajstić information content (AvgIpc) is 3.12. The number of hydrogen-bond acceptors (Lipinski definition) is 7. The predicted octanol–water partition coefficient (Wildman–Crippen LogP) is 2.92. The average molecular weight is 426 g/mol. The van der Waals surface area contributed by atoms with Gasteiger partial charge in [-0.3, -0.25) is 9.69 Å². The molecule has 0 saturated carbocycles. The molecule has 0 spiro atoms. The van der Waals surface area contributed by atoms with Crippen molar-refractivity contribution < 1.29 is 9.53 Å². The zero-order valence-corrected chi connectivity index (χ0v) is 18.0. The summed E-state index contributed by atoms with van der Waals surface area (Å²) in [7, 11) is 0. The Morgan fingerprint density at radius 3 is 2.77 bits per heavy atom. The van der Waals surface area contributed by atoms with E-state index in [0.717, 1.165) is 60.0 Å². The van der Waals surface area contributed by atoms with E-state index < -0.39 is 0 Å². The van der Waals surface area contributed by atoms with Gasteiger partial charge >= 0.3 is 0 Å². The Bertz CT molecular complexity index is 986. The maximum absolute atomic E-state index is 12.2. The van der Waals surface area contributed by atoms with Crippen molar-refractivity contribution in [2.75, 3.05) is 51.3 Å². The maximum Gasteiger partial charge on any atom is 0.221 e. The van der Waals surface area contributed by atoms with Crippen LogP contribution in [-0.4, -0.2) is 66.7 Å². The first-order valence-corrected chi connectivity index (χ1v) is 11.1. The molecule has 8 heteroatoms. The minimum Gasteiger partial charge on any atom is -0.379 e. The van der Waals surface area contributed by atoms with Crippen molar-refractivity contribution in [1.82, 2.24) is 20.2 Å². The maximum atomic E-state index is 12.2. The van der Waals surface area contributed by atoms with Gasteiger partial charge in [0.2, 0.25) is 5.91 Å². The monoisotopic (exact) mass is 425 g/mol. The van der Waals surface area contributed by atoms with Crippen LogP contribution in [-0.2, 0) is 9.53 Å². The number of nitrogens with zero attached hydrogens (tertiary/aromatic N) is 3. The van der Waals surface area contributed by atoms with Gasteiger partial charge in [-0.1, -0.05) is 30.3 Å². The number of thiophene rings is 1. The largest absolute Gasteiger partial charge is 0.379 e. The van der Waals surface area contributed by atoms with E-state index in [1.807, 2.05) is 18.2 Å². The van der Waals surface area contributed by atoms with Crippen LogP contribution < -0.4 is 10.6 Å². The second kappa shape index (κ2) is 9.97. The molecule has 158 valence electrons. The molecule has 1 amide bonds. The van der Waals surface area contributed by atoms with Crippen molar-refractivity contribution >= 4 is 33.3 Å². The predicted molar refractivity (Wildman–Crippen MR) is 121 cm³/mol. The van der Waals surface area contributed by atoms with E-state index in [1.165, 1.54) is 4.88 Å². The number of amides is 1. The summed E-state index contributed by atoms with van der Waals surface area (Å²) in [5.74, 6) is 0.829. The van der Waals surface area contributed by atoms with Gasteiger partial charge in [0.05, 0.1) is 18.6 Å². The van der Waals surface area contributed by atoms with Crippen LogP contribution >= 0.6 is 11.3 Å². The Balaban J connectivity index is 1.35. The van der Waals surface area contributed by atoms with Crippen molar-refractivity contribution in [2.24, 2.45) is 0 Å². The number of carbonyl (C=O) groups is 1. The third kappa shape index (κ3) is 4.95. The summed E-state index contributed by atoms with van der Waals surface area (Å²) >= 11 is 1.67. The number of fused-ring (bicyclic) bond motifs is 1. The van der Waals surface area contributed by atoms with Crippen LogP contribution in [0.25, 0.3) is 21.3 Å². The fourth-order valence-corrected chi connectivity index (χ4v) is 4.70. The smallest absolute Gasteiger partial charge is 0.221 e. The highest BCUT2D eigenvalue weighted by atomic mass is 32.1. The zero-order chi connectivity index (χ0) is 20.8. The Labute approximate surface area is 180 Å². The first-order chi connectivity index (χ1) is 14.7. The Hall–Kier alpha value is -2.55. The van der Waals surface area contributed by atoms with Crippen molar-refractivity contribution in [3.63, 3.8) is 0 Å². The zero-order valence-electron chi connectivity index (χ0n) is 17.2. The lowest BCUT2D eigenvalue weighted by atomic mass is 10.0. The van der Waals surface area contributed by atoms with Gasteiger partial charge < -0.3 is 15.4 Å². The number of aromatic nitrogens is 2. The molecular formula is C22H27N5O2S. The minimum absolute atomic E-state index is 0.0471. The molecule has 1 aliphatic rings. The molecule has 2 N–H and O–H groups in total. The summed E-state index contributed by atoms with van der Waals surface area (Å²) in [4.78, 5) is 25.6. The summed E-state index contributed by atoms with van der Waals surface area (Å²) in [5.41, 5.74) is 2.31. The number of anilines is 1. The van der Waals surface area contributed by atoms with Crippen LogP contribution in [0, 0.1) is 6.92 Å². The quantitative estimate of drug-likeness (QED) is 0.578. The highest BCUT2D eigenvalue weighted by molar-refractivity contribution is 7.19. The molecule has 0 atom stereocenters. The van der Waals surface area contributed by atoms with Gasteiger partial charge in [0.1, 0.15) is 17.0 Å². The van der Waals surface area contributed by atoms with Gasteiger partial charge in [0.25, 0.3) is 0 Å². The van der Waals surface area contributed by atoms with Gasteiger partial charge in [0.15, 0.2) is 0 Å². The van der Waals surface area contributed by atoms with Gasteiger partial charge in [-0.2, -0.15) is 0 Å². The van der Waals surface area contributed by atoms with Gasteiger partial charge in [-0.15, -0.1) is 11.3 Å². The van der Waals surface area contributed by atoms with Crippen LogP contribution in [0.5, 0.6) is 0 Å². The topological polar surface area (TPSA) is 79.4 Å². The number of ether oxygens (including phenoxy) is 1. The van der Waals surface area contributed by atoms with Gasteiger partial charge in [0, 0.05) is 49.6 Å². The van der Waals surface area contributed by atoms with Gasteiger partial charge in [-0.05, 0) is 12.5 Å². The van der Waals surface area contributed by atoms with Gasteiger partial charge in [-0.25, -0.2) is 9.97 Å². The fraction of sp³-hybridized carbons (Fsp3) is 0.409. The molecule has 0 radical (unpaired) electrons. The Kier molecular flexibility index (Phi) is 6.88. The Morgan fingerprint density at radius 1 is 1.17 bits per heavy atom. The SMILES string of the molecule is Cc1sc2ncnc(NCCC(=O)NCCN3CCOCC3)c2c1-c1ccccc1. The first-order valence-electron chi connectivity index (χ1n) is 10.3. The van der Waals surface area contributed by atoms with Crippen LogP contribution in [0.1, 0.15) is 11.3 Å².